The van der Waals surface area contributed by atoms with Crippen molar-refractivity contribution in [2.75, 3.05) is 6.61 Å². The van der Waals surface area contributed by atoms with Gasteiger partial charge in [0, 0.05) is 19.0 Å². The molecule has 9 heteroatoms. The van der Waals surface area contributed by atoms with Gasteiger partial charge in [0.05, 0.1) is 12.0 Å². The van der Waals surface area contributed by atoms with Crippen LogP contribution in [0.25, 0.3) is 0 Å². The Morgan fingerprint density at radius 3 is 1.66 bits per heavy atom. The average molecular weight is 543 g/mol. The van der Waals surface area contributed by atoms with Crippen molar-refractivity contribution < 1.29 is 18.4 Å². The number of aliphatic hydroxyl groups excluding tert-OH is 1. The molecule has 0 saturated heterocycles. The van der Waals surface area contributed by atoms with E-state index in [1.807, 2.05) is 12.4 Å². The number of hydrogen-bond acceptors (Lipinski definition) is 5. The number of fused-ring (bicyclic) bond motifs is 1. The third-order valence-corrected chi connectivity index (χ3v) is 23.4. The van der Waals surface area contributed by atoms with Crippen LogP contribution < -0.4 is 0 Å². The van der Waals surface area contributed by atoms with Crippen LogP contribution in [0.3, 0.4) is 0 Å². The normalized spacial score (nSPS) is 23.5. The van der Waals surface area contributed by atoms with Crippen LogP contribution in [0.4, 0.5) is 0 Å². The van der Waals surface area contributed by atoms with E-state index in [4.69, 9.17) is 18.3 Å². The van der Waals surface area contributed by atoms with Crippen molar-refractivity contribution in [2.24, 2.45) is 0 Å². The van der Waals surface area contributed by atoms with Crippen LogP contribution in [0.15, 0.2) is 12.4 Å². The monoisotopic (exact) mass is 542 g/mol. The second-order valence-corrected chi connectivity index (χ2v) is 24.6. The van der Waals surface area contributed by atoms with Gasteiger partial charge in [-0.05, 0) is 54.4 Å². The third kappa shape index (κ3) is 6.41. The van der Waals surface area contributed by atoms with E-state index in [9.17, 15) is 5.11 Å². The Morgan fingerprint density at radius 1 is 0.743 bits per heavy atom. The Morgan fingerprint density at radius 2 is 1.20 bits per heavy atom. The molecule has 204 valence electrons. The van der Waals surface area contributed by atoms with Gasteiger partial charge in [-0.25, -0.2) is 4.98 Å². The zero-order valence-corrected chi connectivity index (χ0v) is 27.1. The van der Waals surface area contributed by atoms with Gasteiger partial charge < -0.3 is 23.0 Å². The summed E-state index contributed by atoms with van der Waals surface area (Å²) in [6.45, 7) is 20.8. The van der Waals surface area contributed by atoms with E-state index >= 15 is 0 Å². The standard InChI is InChI=1S/C26H54N2O4Si3/c1-10-33(11-2,12-3)30-21-22-23(29)24(31-34(13-4,14-5)15-6)26(28-20-19-27-25(22)28)32-35(16-7,17-8)18-9/h19-20,22-24,26,29H,10-18,21H2,1-9H3/t22-,23-,24+,26-/m1/s1. The van der Waals surface area contributed by atoms with E-state index in [2.05, 4.69) is 66.9 Å². The molecule has 1 aliphatic heterocycles. The van der Waals surface area contributed by atoms with Gasteiger partial charge >= 0.3 is 0 Å². The highest BCUT2D eigenvalue weighted by Gasteiger charge is 2.50. The van der Waals surface area contributed by atoms with Gasteiger partial charge in [0.2, 0.25) is 0 Å². The molecule has 0 fully saturated rings. The molecule has 0 saturated carbocycles. The first-order chi connectivity index (χ1) is 16.7. The molecule has 1 aromatic rings. The number of hydrogen-bond donors (Lipinski definition) is 1. The first kappa shape index (κ1) is 30.9. The lowest BCUT2D eigenvalue weighted by Gasteiger charge is -2.48. The minimum Gasteiger partial charge on any atom is -0.416 e. The zero-order chi connectivity index (χ0) is 26.3. The zero-order valence-electron chi connectivity index (χ0n) is 24.1. The van der Waals surface area contributed by atoms with E-state index in [1.165, 1.54) is 0 Å². The van der Waals surface area contributed by atoms with Crippen molar-refractivity contribution in [3.05, 3.63) is 18.2 Å². The summed E-state index contributed by atoms with van der Waals surface area (Å²) < 4.78 is 23.1. The second-order valence-electron chi connectivity index (χ2n) is 10.4. The summed E-state index contributed by atoms with van der Waals surface area (Å²) in [4.78, 5) is 4.75. The Bertz CT molecular complexity index is 726. The quantitative estimate of drug-likeness (QED) is 0.222. The van der Waals surface area contributed by atoms with Crippen molar-refractivity contribution in [1.29, 1.82) is 0 Å². The molecule has 1 aromatic heterocycles. The number of imidazole rings is 1. The molecule has 0 spiro atoms. The SMILES string of the molecule is CC[Si](CC)(CC)OC[C@H]1c2nccn2[C@H](O[Si](CC)(CC)CC)[C@@H](O[Si](CC)(CC)CC)[C@@H]1O. The molecule has 0 bridgehead atoms. The van der Waals surface area contributed by atoms with Crippen LogP contribution in [0, 0.1) is 0 Å². The van der Waals surface area contributed by atoms with Crippen molar-refractivity contribution in [3.63, 3.8) is 0 Å². The Hall–Kier alpha value is -0.299. The van der Waals surface area contributed by atoms with Gasteiger partial charge in [-0.2, -0.15) is 0 Å². The highest BCUT2D eigenvalue weighted by molar-refractivity contribution is 6.74. The fourth-order valence-electron chi connectivity index (χ4n) is 5.83. The second kappa shape index (κ2) is 13.5. The molecule has 4 atom stereocenters. The molecule has 1 aliphatic rings. The molecule has 0 aliphatic carbocycles. The molecule has 35 heavy (non-hydrogen) atoms. The van der Waals surface area contributed by atoms with Crippen LogP contribution >= 0.6 is 0 Å². The fourth-order valence-corrected chi connectivity index (χ4v) is 14.1. The number of rotatable bonds is 16. The molecule has 0 radical (unpaired) electrons. The topological polar surface area (TPSA) is 65.7 Å². The lowest BCUT2D eigenvalue weighted by molar-refractivity contribution is -0.107. The van der Waals surface area contributed by atoms with E-state index in [1.54, 1.807) is 0 Å². The van der Waals surface area contributed by atoms with Crippen LogP contribution in [-0.4, -0.2) is 58.4 Å². The van der Waals surface area contributed by atoms with E-state index in [0.29, 0.717) is 6.61 Å². The first-order valence-corrected chi connectivity index (χ1v) is 22.0. The highest BCUT2D eigenvalue weighted by atomic mass is 28.4. The smallest absolute Gasteiger partial charge is 0.194 e. The Labute approximate surface area is 218 Å². The molecule has 2 rings (SSSR count). The fraction of sp³-hybridized carbons (Fsp3) is 0.885. The van der Waals surface area contributed by atoms with Crippen LogP contribution in [0.5, 0.6) is 0 Å². The molecule has 0 unspecified atom stereocenters. The van der Waals surface area contributed by atoms with E-state index in [-0.39, 0.29) is 12.1 Å². The molecule has 0 amide bonds. The largest absolute Gasteiger partial charge is 0.416 e. The Kier molecular flexibility index (Phi) is 11.9. The summed E-state index contributed by atoms with van der Waals surface area (Å²) in [5.41, 5.74) is 0. The van der Waals surface area contributed by atoms with Crippen molar-refractivity contribution in [3.8, 4) is 0 Å². The highest BCUT2D eigenvalue weighted by Crippen LogP contribution is 2.42. The lowest BCUT2D eigenvalue weighted by atomic mass is 9.93. The maximum Gasteiger partial charge on any atom is 0.194 e. The molecule has 2 heterocycles. The van der Waals surface area contributed by atoms with Gasteiger partial charge in [-0.15, -0.1) is 0 Å². The predicted octanol–water partition coefficient (Wildman–Crippen LogP) is 7.27. The van der Waals surface area contributed by atoms with E-state index in [0.717, 1.165) is 60.2 Å². The summed E-state index contributed by atoms with van der Waals surface area (Å²) >= 11 is 0. The van der Waals surface area contributed by atoms with Gasteiger partial charge in [-0.1, -0.05) is 62.3 Å². The summed E-state index contributed by atoms with van der Waals surface area (Å²) in [6, 6.07) is 9.60. The third-order valence-electron chi connectivity index (χ3n) is 9.46. The van der Waals surface area contributed by atoms with Gasteiger partial charge in [-0.3, -0.25) is 0 Å². The molecule has 1 N–H and O–H groups in total. The first-order valence-electron chi connectivity index (χ1n) is 14.4. The summed E-state index contributed by atoms with van der Waals surface area (Å²) in [5, 5.41) is 12.0. The average Bonchev–Trinajstić information content (AvgIpc) is 3.39. The van der Waals surface area contributed by atoms with E-state index < -0.39 is 37.2 Å². The Balaban J connectivity index is 2.53. The molecule has 6 nitrogen and oxygen atoms in total. The van der Waals surface area contributed by atoms with Crippen LogP contribution in [0.2, 0.25) is 54.4 Å². The van der Waals surface area contributed by atoms with Crippen LogP contribution in [-0.2, 0) is 13.3 Å². The summed E-state index contributed by atoms with van der Waals surface area (Å²) in [7, 11) is -5.75. The van der Waals surface area contributed by atoms with Gasteiger partial charge in [0.15, 0.2) is 31.2 Å². The van der Waals surface area contributed by atoms with Gasteiger partial charge in [0.25, 0.3) is 0 Å². The minimum atomic E-state index is -2.00. The van der Waals surface area contributed by atoms with Crippen molar-refractivity contribution >= 4 is 25.0 Å². The number of nitrogens with zero attached hydrogens (tertiary/aromatic N) is 2. The molecule has 0 aromatic carbocycles. The number of aromatic nitrogens is 2. The summed E-state index contributed by atoms with van der Waals surface area (Å²) in [5.74, 6) is 0.682. The van der Waals surface area contributed by atoms with Crippen molar-refractivity contribution in [1.82, 2.24) is 9.55 Å². The van der Waals surface area contributed by atoms with Crippen LogP contribution in [0.1, 0.15) is 80.3 Å². The maximum atomic E-state index is 12.0. The summed E-state index contributed by atoms with van der Waals surface area (Å²) in [6.07, 6.45) is 2.48. The molecular weight excluding hydrogens is 489 g/mol. The van der Waals surface area contributed by atoms with Gasteiger partial charge in [0.1, 0.15) is 11.9 Å². The maximum absolute atomic E-state index is 12.0. The van der Waals surface area contributed by atoms with Crippen molar-refractivity contribution in [2.45, 2.75) is 141 Å². The molecular formula is C26H54N2O4Si3. The lowest BCUT2D eigenvalue weighted by Crippen LogP contribution is -2.56. The predicted molar refractivity (Wildman–Crippen MR) is 154 cm³/mol. The minimum absolute atomic E-state index is 0.204. The number of aliphatic hydroxyl groups is 1.